The summed E-state index contributed by atoms with van der Waals surface area (Å²) in [5.74, 6) is 1.25. The monoisotopic (exact) mass is 380 g/mol. The van der Waals surface area contributed by atoms with Gasteiger partial charge in [0.1, 0.15) is 5.75 Å². The first kappa shape index (κ1) is 19.9. The topological polar surface area (TPSA) is 58.6 Å². The van der Waals surface area contributed by atoms with E-state index < -0.39 is 0 Å². The van der Waals surface area contributed by atoms with Crippen LogP contribution in [0.1, 0.15) is 35.2 Å². The quantitative estimate of drug-likeness (QED) is 0.801. The fourth-order valence-electron chi connectivity index (χ4n) is 3.44. The van der Waals surface area contributed by atoms with Gasteiger partial charge in [-0.15, -0.1) is 0 Å². The molecule has 0 unspecified atom stereocenters. The predicted molar refractivity (Wildman–Crippen MR) is 109 cm³/mol. The number of hydrogen-bond donors (Lipinski definition) is 1. The second kappa shape index (κ2) is 9.93. The molecule has 1 aliphatic heterocycles. The Hall–Kier alpha value is -2.82. The molecule has 2 aromatic rings. The summed E-state index contributed by atoms with van der Waals surface area (Å²) < 4.78 is 5.44. The summed E-state index contributed by atoms with van der Waals surface area (Å²) >= 11 is 0. The number of para-hydroxylation sites is 1. The summed E-state index contributed by atoms with van der Waals surface area (Å²) in [6, 6.07) is 17.1. The molecule has 0 aromatic heterocycles. The number of ether oxygens (including phenoxy) is 1. The molecule has 2 amide bonds. The minimum Gasteiger partial charge on any atom is -0.484 e. The van der Waals surface area contributed by atoms with Gasteiger partial charge in [-0.1, -0.05) is 35.9 Å². The van der Waals surface area contributed by atoms with E-state index in [2.05, 4.69) is 5.32 Å². The Balaban J connectivity index is 1.32. The number of nitrogens with zero attached hydrogens (tertiary/aromatic N) is 1. The Bertz CT molecular complexity index is 766. The van der Waals surface area contributed by atoms with Crippen LogP contribution in [0.4, 0.5) is 0 Å². The molecule has 0 spiro atoms. The third-order valence-corrected chi connectivity index (χ3v) is 5.19. The second-order valence-corrected chi connectivity index (χ2v) is 7.34. The van der Waals surface area contributed by atoms with E-state index in [1.54, 1.807) is 0 Å². The lowest BCUT2D eigenvalue weighted by Gasteiger charge is -2.32. The van der Waals surface area contributed by atoms with Gasteiger partial charge in [0, 0.05) is 25.2 Å². The van der Waals surface area contributed by atoms with Crippen molar-refractivity contribution < 1.29 is 14.3 Å². The molecule has 0 radical (unpaired) electrons. The molecule has 148 valence electrons. The minimum absolute atomic E-state index is 0.0352. The van der Waals surface area contributed by atoms with Gasteiger partial charge < -0.3 is 15.0 Å². The van der Waals surface area contributed by atoms with Crippen LogP contribution in [-0.2, 0) is 4.79 Å². The lowest BCUT2D eigenvalue weighted by atomic mass is 9.93. The summed E-state index contributed by atoms with van der Waals surface area (Å²) in [6.07, 6.45) is 2.89. The molecule has 0 saturated carbocycles. The number of piperidine rings is 1. The van der Waals surface area contributed by atoms with E-state index in [0.717, 1.165) is 43.5 Å². The molecular weight excluding hydrogens is 352 g/mol. The van der Waals surface area contributed by atoms with E-state index in [9.17, 15) is 9.59 Å². The zero-order chi connectivity index (χ0) is 19.8. The zero-order valence-electron chi connectivity index (χ0n) is 16.4. The first-order chi connectivity index (χ1) is 13.6. The van der Waals surface area contributed by atoms with Crippen LogP contribution < -0.4 is 10.1 Å². The largest absolute Gasteiger partial charge is 0.484 e. The van der Waals surface area contributed by atoms with Crippen molar-refractivity contribution >= 4 is 11.8 Å². The highest BCUT2D eigenvalue weighted by Gasteiger charge is 2.23. The van der Waals surface area contributed by atoms with E-state index >= 15 is 0 Å². The van der Waals surface area contributed by atoms with Crippen LogP contribution in [0.15, 0.2) is 54.6 Å². The molecule has 1 heterocycles. The summed E-state index contributed by atoms with van der Waals surface area (Å²) in [7, 11) is 0. The highest BCUT2D eigenvalue weighted by Crippen LogP contribution is 2.21. The van der Waals surface area contributed by atoms with Gasteiger partial charge in [0.15, 0.2) is 6.61 Å². The van der Waals surface area contributed by atoms with Crippen molar-refractivity contribution in [1.82, 2.24) is 10.2 Å². The van der Waals surface area contributed by atoms with Crippen LogP contribution in [0.25, 0.3) is 0 Å². The third kappa shape index (κ3) is 5.84. The fourth-order valence-corrected chi connectivity index (χ4v) is 3.44. The first-order valence-corrected chi connectivity index (χ1v) is 9.92. The summed E-state index contributed by atoms with van der Waals surface area (Å²) in [5, 5.41) is 2.92. The van der Waals surface area contributed by atoms with Crippen molar-refractivity contribution in [1.29, 1.82) is 0 Å². The number of benzene rings is 2. The number of hydrogen-bond acceptors (Lipinski definition) is 3. The maximum atomic E-state index is 12.6. The summed E-state index contributed by atoms with van der Waals surface area (Å²) in [4.78, 5) is 26.4. The molecule has 3 rings (SSSR count). The molecule has 0 bridgehead atoms. The molecule has 5 heteroatoms. The number of aryl methyl sites for hydroxylation is 1. The number of nitrogens with one attached hydrogen (secondary N) is 1. The van der Waals surface area contributed by atoms with Crippen molar-refractivity contribution in [3.63, 3.8) is 0 Å². The van der Waals surface area contributed by atoms with E-state index in [0.29, 0.717) is 18.2 Å². The van der Waals surface area contributed by atoms with E-state index in [1.165, 1.54) is 0 Å². The molecular formula is C23H28N2O3. The van der Waals surface area contributed by atoms with Gasteiger partial charge in [-0.25, -0.2) is 0 Å². The molecule has 5 nitrogen and oxygen atoms in total. The Labute approximate surface area is 166 Å². The van der Waals surface area contributed by atoms with Crippen LogP contribution in [0.5, 0.6) is 5.75 Å². The fraction of sp³-hybridized carbons (Fsp3) is 0.391. The van der Waals surface area contributed by atoms with E-state index in [4.69, 9.17) is 4.74 Å². The Kier molecular flexibility index (Phi) is 7.06. The molecule has 1 saturated heterocycles. The van der Waals surface area contributed by atoms with Crippen LogP contribution in [-0.4, -0.2) is 43.0 Å². The number of carbonyl (C=O) groups is 2. The molecule has 28 heavy (non-hydrogen) atoms. The van der Waals surface area contributed by atoms with Crippen molar-refractivity contribution in [2.24, 2.45) is 5.92 Å². The number of rotatable bonds is 7. The van der Waals surface area contributed by atoms with Gasteiger partial charge in [0.2, 0.25) is 0 Å². The molecule has 1 N–H and O–H groups in total. The number of amides is 2. The second-order valence-electron chi connectivity index (χ2n) is 7.34. The third-order valence-electron chi connectivity index (χ3n) is 5.19. The van der Waals surface area contributed by atoms with Crippen LogP contribution in [0.2, 0.25) is 0 Å². The van der Waals surface area contributed by atoms with Crippen LogP contribution >= 0.6 is 0 Å². The highest BCUT2D eigenvalue weighted by atomic mass is 16.5. The normalized spacial score (nSPS) is 14.5. The number of carbonyl (C=O) groups excluding carboxylic acids is 2. The van der Waals surface area contributed by atoms with Gasteiger partial charge in [-0.05, 0) is 56.4 Å². The average Bonchev–Trinajstić information content (AvgIpc) is 2.73. The minimum atomic E-state index is -0.101. The summed E-state index contributed by atoms with van der Waals surface area (Å²) in [6.45, 7) is 4.26. The molecule has 0 atom stereocenters. The van der Waals surface area contributed by atoms with E-state index in [1.807, 2.05) is 66.4 Å². The van der Waals surface area contributed by atoms with Gasteiger partial charge in [0.25, 0.3) is 11.8 Å². The van der Waals surface area contributed by atoms with Gasteiger partial charge in [-0.3, -0.25) is 9.59 Å². The molecule has 0 aliphatic carbocycles. The van der Waals surface area contributed by atoms with Crippen LogP contribution in [0.3, 0.4) is 0 Å². The first-order valence-electron chi connectivity index (χ1n) is 9.92. The summed E-state index contributed by atoms with van der Waals surface area (Å²) in [5.41, 5.74) is 1.92. The SMILES string of the molecule is Cc1ccc(C(=O)N2CCC(CCNC(=O)COc3ccccc3)CC2)cc1. The maximum Gasteiger partial charge on any atom is 0.257 e. The molecule has 2 aromatic carbocycles. The predicted octanol–water partition coefficient (Wildman–Crippen LogP) is 3.43. The average molecular weight is 380 g/mol. The van der Waals surface area contributed by atoms with Crippen molar-refractivity contribution in [2.45, 2.75) is 26.2 Å². The Morgan fingerprint density at radius 3 is 2.39 bits per heavy atom. The van der Waals surface area contributed by atoms with Gasteiger partial charge in [0.05, 0.1) is 0 Å². The van der Waals surface area contributed by atoms with Gasteiger partial charge in [-0.2, -0.15) is 0 Å². The maximum absolute atomic E-state index is 12.6. The van der Waals surface area contributed by atoms with Crippen LogP contribution in [0, 0.1) is 12.8 Å². The van der Waals surface area contributed by atoms with Gasteiger partial charge >= 0.3 is 0 Å². The standard InChI is InChI=1S/C23H28N2O3/c1-18-7-9-20(10-8-18)23(27)25-15-12-19(13-16-25)11-14-24-22(26)17-28-21-5-3-2-4-6-21/h2-10,19H,11-17H2,1H3,(H,24,26). The highest BCUT2D eigenvalue weighted by molar-refractivity contribution is 5.94. The Morgan fingerprint density at radius 2 is 1.71 bits per heavy atom. The van der Waals surface area contributed by atoms with E-state index in [-0.39, 0.29) is 18.4 Å². The lowest BCUT2D eigenvalue weighted by Crippen LogP contribution is -2.39. The number of likely N-dealkylation sites (tertiary alicyclic amines) is 1. The van der Waals surface area contributed by atoms with Crippen molar-refractivity contribution in [3.05, 3.63) is 65.7 Å². The van der Waals surface area contributed by atoms with Crippen molar-refractivity contribution in [3.8, 4) is 5.75 Å². The smallest absolute Gasteiger partial charge is 0.257 e. The molecule has 1 aliphatic rings. The van der Waals surface area contributed by atoms with Crippen molar-refractivity contribution in [2.75, 3.05) is 26.2 Å². The zero-order valence-corrected chi connectivity index (χ0v) is 16.4. The lowest BCUT2D eigenvalue weighted by molar-refractivity contribution is -0.123. The Morgan fingerprint density at radius 1 is 1.04 bits per heavy atom. The molecule has 1 fully saturated rings.